The molecule has 3 fully saturated rings. The molecule has 2 bridgehead atoms. The smallest absolute Gasteiger partial charge is 0.313 e. The molecule has 2 unspecified atom stereocenters. The van der Waals surface area contributed by atoms with E-state index >= 15 is 0 Å². The van der Waals surface area contributed by atoms with Crippen molar-refractivity contribution in [3.8, 4) is 0 Å². The summed E-state index contributed by atoms with van der Waals surface area (Å²) in [7, 11) is 0. The number of benzene rings is 1. The highest BCUT2D eigenvalue weighted by molar-refractivity contribution is 6.34. The van der Waals surface area contributed by atoms with Crippen LogP contribution in [0, 0.1) is 11.8 Å². The maximum absolute atomic E-state index is 14.5. The van der Waals surface area contributed by atoms with Crippen LogP contribution in [0.5, 0.6) is 0 Å². The van der Waals surface area contributed by atoms with E-state index in [0.717, 1.165) is 0 Å². The third kappa shape index (κ3) is 4.56. The lowest BCUT2D eigenvalue weighted by atomic mass is 9.65. The van der Waals surface area contributed by atoms with Gasteiger partial charge in [-0.1, -0.05) is 49.4 Å². The molecule has 3 heterocycles. The van der Waals surface area contributed by atoms with Gasteiger partial charge in [0.1, 0.15) is 24.2 Å². The zero-order valence-corrected chi connectivity index (χ0v) is 22.7. The Morgan fingerprint density at radius 2 is 2.00 bits per heavy atom. The van der Waals surface area contributed by atoms with Crippen LogP contribution >= 0.6 is 11.6 Å². The maximum atomic E-state index is 14.5. The van der Waals surface area contributed by atoms with Crippen molar-refractivity contribution in [2.75, 3.05) is 31.2 Å². The molecule has 206 valence electrons. The summed E-state index contributed by atoms with van der Waals surface area (Å²) in [6.45, 7) is 9.99. The molecule has 38 heavy (non-hydrogen) atoms. The molecular formula is C29H37ClN2O6. The first-order valence-electron chi connectivity index (χ1n) is 13.4. The van der Waals surface area contributed by atoms with Crippen LogP contribution in [0.3, 0.4) is 0 Å². The number of unbranched alkanes of at least 4 members (excludes halogenated alkanes) is 2. The first-order chi connectivity index (χ1) is 18.3. The molecule has 8 nitrogen and oxygen atoms in total. The summed E-state index contributed by atoms with van der Waals surface area (Å²) < 4.78 is 12.2. The normalized spacial score (nSPS) is 29.3. The average Bonchev–Trinajstić information content (AvgIpc) is 3.52. The van der Waals surface area contributed by atoms with Gasteiger partial charge in [-0.05, 0) is 50.7 Å². The number of anilines is 1. The Morgan fingerprint density at radius 1 is 1.24 bits per heavy atom. The Hall–Kier alpha value is -2.68. The number of nitrogens with zero attached hydrogens (tertiary/aromatic N) is 2. The highest BCUT2D eigenvalue weighted by Gasteiger charge is 2.79. The van der Waals surface area contributed by atoms with Crippen LogP contribution in [0.15, 0.2) is 49.6 Å². The maximum Gasteiger partial charge on any atom is 0.313 e. The van der Waals surface area contributed by atoms with Gasteiger partial charge >= 0.3 is 5.97 Å². The molecule has 0 aromatic heterocycles. The number of para-hydroxylation sites is 1. The Labute approximate surface area is 229 Å². The monoisotopic (exact) mass is 544 g/mol. The summed E-state index contributed by atoms with van der Waals surface area (Å²) in [5, 5.41) is 9.64. The number of esters is 1. The SMILES string of the molecule is C=CCOC(=O)[C@H]1[C@H]2C(=O)N(CCCCCO)C(C(=O)N(CC=C)c3ccccc3Cl)C23CC[C@]1(CC)O3. The lowest BCUT2D eigenvalue weighted by Crippen LogP contribution is -2.56. The third-order valence-electron chi connectivity index (χ3n) is 8.29. The fraction of sp³-hybridized carbons (Fsp3) is 0.552. The Bertz CT molecular complexity index is 1090. The number of carbonyl (C=O) groups is 3. The molecule has 0 saturated carbocycles. The molecule has 1 N–H and O–H groups in total. The van der Waals surface area contributed by atoms with Gasteiger partial charge in [-0.2, -0.15) is 0 Å². The second-order valence-electron chi connectivity index (χ2n) is 10.3. The fourth-order valence-electron chi connectivity index (χ4n) is 6.65. The van der Waals surface area contributed by atoms with Crippen LogP contribution in [0.1, 0.15) is 45.4 Å². The number of halogens is 1. The van der Waals surface area contributed by atoms with Gasteiger partial charge in [0, 0.05) is 19.7 Å². The van der Waals surface area contributed by atoms with Crippen LogP contribution in [0.4, 0.5) is 5.69 Å². The number of aliphatic hydroxyl groups excluding tert-OH is 1. The van der Waals surface area contributed by atoms with Crippen molar-refractivity contribution in [2.24, 2.45) is 11.8 Å². The molecular weight excluding hydrogens is 508 g/mol. The number of hydrogen-bond acceptors (Lipinski definition) is 6. The van der Waals surface area contributed by atoms with E-state index in [9.17, 15) is 19.5 Å². The zero-order valence-electron chi connectivity index (χ0n) is 21.9. The number of carbonyl (C=O) groups excluding carboxylic acids is 3. The van der Waals surface area contributed by atoms with Crippen LogP contribution < -0.4 is 4.90 Å². The quantitative estimate of drug-likeness (QED) is 0.230. The highest BCUT2D eigenvalue weighted by Crippen LogP contribution is 2.64. The van der Waals surface area contributed by atoms with Crippen LogP contribution in [0.25, 0.3) is 0 Å². The minimum absolute atomic E-state index is 0.0376. The van der Waals surface area contributed by atoms with Crippen molar-refractivity contribution in [3.05, 3.63) is 54.6 Å². The minimum atomic E-state index is -1.15. The van der Waals surface area contributed by atoms with Crippen molar-refractivity contribution in [1.82, 2.24) is 4.90 Å². The lowest BCUT2D eigenvalue weighted by Gasteiger charge is -2.37. The highest BCUT2D eigenvalue weighted by atomic mass is 35.5. The summed E-state index contributed by atoms with van der Waals surface area (Å²) in [5.41, 5.74) is -1.50. The average molecular weight is 545 g/mol. The molecule has 9 heteroatoms. The molecule has 3 aliphatic heterocycles. The molecule has 0 aliphatic carbocycles. The predicted molar refractivity (Wildman–Crippen MR) is 145 cm³/mol. The van der Waals surface area contributed by atoms with Gasteiger partial charge in [-0.3, -0.25) is 14.4 Å². The van der Waals surface area contributed by atoms with E-state index < -0.39 is 35.0 Å². The number of aliphatic hydroxyl groups is 1. The van der Waals surface area contributed by atoms with Crippen molar-refractivity contribution in [2.45, 2.75) is 62.7 Å². The summed E-state index contributed by atoms with van der Waals surface area (Å²) in [6.07, 6.45) is 6.57. The number of ether oxygens (including phenoxy) is 2. The molecule has 1 spiro atoms. The Morgan fingerprint density at radius 3 is 2.66 bits per heavy atom. The molecule has 5 atom stereocenters. The third-order valence-corrected chi connectivity index (χ3v) is 8.61. The first kappa shape index (κ1) is 28.3. The van der Waals surface area contributed by atoms with Gasteiger partial charge in [-0.15, -0.1) is 6.58 Å². The van der Waals surface area contributed by atoms with Gasteiger partial charge in [0.15, 0.2) is 0 Å². The van der Waals surface area contributed by atoms with Crippen molar-refractivity contribution < 1.29 is 29.0 Å². The molecule has 1 aromatic carbocycles. The predicted octanol–water partition coefficient (Wildman–Crippen LogP) is 3.91. The molecule has 4 rings (SSSR count). The van der Waals surface area contributed by atoms with Gasteiger partial charge in [0.05, 0.1) is 22.2 Å². The molecule has 2 amide bonds. The van der Waals surface area contributed by atoms with Crippen LogP contribution in [-0.2, 0) is 23.9 Å². The summed E-state index contributed by atoms with van der Waals surface area (Å²) in [4.78, 5) is 45.1. The van der Waals surface area contributed by atoms with E-state index in [1.807, 2.05) is 6.92 Å². The lowest BCUT2D eigenvalue weighted by molar-refractivity contribution is -0.159. The standard InChI is InChI=1S/C29H37ClN2O6/c1-4-16-31(21-13-9-8-12-20(21)30)26(35)24-29-15-14-28(6-3,38-29)23(27(36)37-19-5-2)22(29)25(34)32(24)17-10-7-11-18-33/h4-5,8-9,12-13,22-24,33H,1-2,6-7,10-11,14-19H2,3H3/t22-,23+,24?,28-,29?/m0/s1. The fourth-order valence-corrected chi connectivity index (χ4v) is 6.89. The minimum Gasteiger partial charge on any atom is -0.461 e. The van der Waals surface area contributed by atoms with Gasteiger partial charge < -0.3 is 24.4 Å². The second kappa shape index (κ2) is 11.6. The molecule has 0 radical (unpaired) electrons. The summed E-state index contributed by atoms with van der Waals surface area (Å²) >= 11 is 6.50. The van der Waals surface area contributed by atoms with E-state index in [1.54, 1.807) is 40.1 Å². The topological polar surface area (TPSA) is 96.4 Å². The number of fused-ring (bicyclic) bond motifs is 1. The molecule has 1 aromatic rings. The van der Waals surface area contributed by atoms with E-state index in [-0.39, 0.29) is 31.6 Å². The second-order valence-corrected chi connectivity index (χ2v) is 10.7. The largest absolute Gasteiger partial charge is 0.461 e. The Balaban J connectivity index is 1.78. The zero-order chi connectivity index (χ0) is 27.5. The number of hydrogen-bond donors (Lipinski definition) is 1. The van der Waals surface area contributed by atoms with Crippen molar-refractivity contribution in [3.63, 3.8) is 0 Å². The number of likely N-dealkylation sites (tertiary alicyclic amines) is 1. The van der Waals surface area contributed by atoms with E-state index in [4.69, 9.17) is 21.1 Å². The van der Waals surface area contributed by atoms with Crippen LogP contribution in [0.2, 0.25) is 5.02 Å². The van der Waals surface area contributed by atoms with E-state index in [0.29, 0.717) is 55.8 Å². The first-order valence-corrected chi connectivity index (χ1v) is 13.8. The molecule has 3 aliphatic rings. The summed E-state index contributed by atoms with van der Waals surface area (Å²) in [5.74, 6) is -2.70. The Kier molecular flexibility index (Phi) is 8.65. The van der Waals surface area contributed by atoms with Gasteiger partial charge in [-0.25, -0.2) is 0 Å². The number of amides is 2. The van der Waals surface area contributed by atoms with Gasteiger partial charge in [0.25, 0.3) is 5.91 Å². The van der Waals surface area contributed by atoms with E-state index in [1.165, 1.54) is 6.08 Å². The molecule has 3 saturated heterocycles. The van der Waals surface area contributed by atoms with Crippen molar-refractivity contribution >= 4 is 35.1 Å². The van der Waals surface area contributed by atoms with Crippen molar-refractivity contribution in [1.29, 1.82) is 0 Å². The van der Waals surface area contributed by atoms with Crippen LogP contribution in [-0.4, -0.2) is 71.3 Å². The van der Waals surface area contributed by atoms with E-state index in [2.05, 4.69) is 13.2 Å². The van der Waals surface area contributed by atoms with Gasteiger partial charge in [0.2, 0.25) is 5.91 Å². The summed E-state index contributed by atoms with van der Waals surface area (Å²) in [6, 6.07) is 6.12. The number of rotatable bonds is 13.